The van der Waals surface area contributed by atoms with Gasteiger partial charge in [-0.2, -0.15) is 0 Å². The number of nitrogens with one attached hydrogen (secondary N) is 2. The van der Waals surface area contributed by atoms with Crippen molar-refractivity contribution in [3.05, 3.63) is 60.2 Å². The zero-order chi connectivity index (χ0) is 18.0. The molecule has 0 unspecified atom stereocenters. The standard InChI is InChI=1S/C19H17N3O3/c1-11(23)21-13-6-4-7-14(10-13)22-19(25)16-9-12-5-2-3-8-15(12)17(20)18(16)24/h2-10,24H,20H2,1H3,(H,21,23)(H,22,25). The van der Waals surface area contributed by atoms with Gasteiger partial charge >= 0.3 is 0 Å². The second-order valence-electron chi connectivity index (χ2n) is 5.62. The van der Waals surface area contributed by atoms with Crippen LogP contribution < -0.4 is 16.4 Å². The van der Waals surface area contributed by atoms with Gasteiger partial charge in [-0.15, -0.1) is 0 Å². The molecular weight excluding hydrogens is 318 g/mol. The first-order valence-electron chi connectivity index (χ1n) is 7.65. The number of hydrogen-bond acceptors (Lipinski definition) is 4. The largest absolute Gasteiger partial charge is 0.505 e. The molecule has 0 saturated heterocycles. The first-order chi connectivity index (χ1) is 12.0. The molecule has 3 aromatic rings. The van der Waals surface area contributed by atoms with E-state index in [0.29, 0.717) is 16.8 Å². The number of fused-ring (bicyclic) bond motifs is 1. The quantitative estimate of drug-likeness (QED) is 0.435. The van der Waals surface area contributed by atoms with Gasteiger partial charge in [-0.25, -0.2) is 0 Å². The number of phenols is 1. The van der Waals surface area contributed by atoms with Crippen LogP contribution in [0.3, 0.4) is 0 Å². The van der Waals surface area contributed by atoms with E-state index in [9.17, 15) is 14.7 Å². The van der Waals surface area contributed by atoms with Crippen LogP contribution in [0.5, 0.6) is 5.75 Å². The number of rotatable bonds is 3. The number of amides is 2. The van der Waals surface area contributed by atoms with Gasteiger partial charge in [0.05, 0.1) is 11.3 Å². The highest BCUT2D eigenvalue weighted by molar-refractivity contribution is 6.12. The fourth-order valence-corrected chi connectivity index (χ4v) is 2.61. The van der Waals surface area contributed by atoms with Crippen LogP contribution >= 0.6 is 0 Å². The van der Waals surface area contributed by atoms with E-state index >= 15 is 0 Å². The molecule has 25 heavy (non-hydrogen) atoms. The van der Waals surface area contributed by atoms with Crippen molar-refractivity contribution in [3.63, 3.8) is 0 Å². The Kier molecular flexibility index (Phi) is 4.26. The third kappa shape index (κ3) is 3.37. The summed E-state index contributed by atoms with van der Waals surface area (Å²) in [6.07, 6.45) is 0. The summed E-state index contributed by atoms with van der Waals surface area (Å²) in [6, 6.07) is 15.6. The Bertz CT molecular complexity index is 983. The average molecular weight is 335 g/mol. The first-order valence-corrected chi connectivity index (χ1v) is 7.65. The SMILES string of the molecule is CC(=O)Nc1cccc(NC(=O)c2cc3ccccc3c(N)c2O)c1. The van der Waals surface area contributed by atoms with Crippen molar-refractivity contribution in [3.8, 4) is 5.75 Å². The maximum absolute atomic E-state index is 12.6. The van der Waals surface area contributed by atoms with E-state index in [4.69, 9.17) is 5.73 Å². The van der Waals surface area contributed by atoms with Crippen LogP contribution in [0.4, 0.5) is 17.1 Å². The van der Waals surface area contributed by atoms with E-state index in [0.717, 1.165) is 5.39 Å². The van der Waals surface area contributed by atoms with Gasteiger partial charge in [0.25, 0.3) is 5.91 Å². The van der Waals surface area contributed by atoms with Crippen LogP contribution in [-0.4, -0.2) is 16.9 Å². The van der Waals surface area contributed by atoms with Crippen LogP contribution in [0.2, 0.25) is 0 Å². The highest BCUT2D eigenvalue weighted by Crippen LogP contribution is 2.34. The Morgan fingerprint density at radius 1 is 0.960 bits per heavy atom. The van der Waals surface area contributed by atoms with Crippen molar-refractivity contribution >= 4 is 39.6 Å². The molecule has 6 heteroatoms. The Labute approximate surface area is 144 Å². The summed E-state index contributed by atoms with van der Waals surface area (Å²) in [4.78, 5) is 23.7. The van der Waals surface area contributed by atoms with Gasteiger partial charge in [-0.05, 0) is 29.7 Å². The average Bonchev–Trinajstić information content (AvgIpc) is 2.57. The van der Waals surface area contributed by atoms with E-state index in [2.05, 4.69) is 10.6 Å². The summed E-state index contributed by atoms with van der Waals surface area (Å²) in [5.74, 6) is -0.951. The van der Waals surface area contributed by atoms with Gasteiger partial charge in [0.2, 0.25) is 5.91 Å². The molecule has 0 radical (unpaired) electrons. The summed E-state index contributed by atoms with van der Waals surface area (Å²) in [7, 11) is 0. The van der Waals surface area contributed by atoms with Gasteiger partial charge in [0, 0.05) is 23.7 Å². The van der Waals surface area contributed by atoms with Crippen molar-refractivity contribution in [2.45, 2.75) is 6.92 Å². The predicted molar refractivity (Wildman–Crippen MR) is 98.7 cm³/mol. The third-order valence-corrected chi connectivity index (χ3v) is 3.75. The lowest BCUT2D eigenvalue weighted by atomic mass is 10.0. The maximum atomic E-state index is 12.6. The minimum absolute atomic E-state index is 0.0844. The van der Waals surface area contributed by atoms with Crippen molar-refractivity contribution < 1.29 is 14.7 Å². The first kappa shape index (κ1) is 16.3. The number of benzene rings is 3. The van der Waals surface area contributed by atoms with E-state index < -0.39 is 5.91 Å². The van der Waals surface area contributed by atoms with E-state index in [1.807, 2.05) is 18.2 Å². The van der Waals surface area contributed by atoms with Crippen molar-refractivity contribution in [1.82, 2.24) is 0 Å². The molecule has 5 N–H and O–H groups in total. The molecule has 0 bridgehead atoms. The minimum atomic E-state index is -0.491. The zero-order valence-electron chi connectivity index (χ0n) is 13.5. The Hall–Kier alpha value is -3.54. The molecule has 0 saturated carbocycles. The molecule has 3 aromatic carbocycles. The van der Waals surface area contributed by atoms with Crippen molar-refractivity contribution in [2.75, 3.05) is 16.4 Å². The molecule has 0 spiro atoms. The second-order valence-corrected chi connectivity index (χ2v) is 5.62. The fraction of sp³-hybridized carbons (Fsp3) is 0.0526. The molecule has 0 fully saturated rings. The lowest BCUT2D eigenvalue weighted by molar-refractivity contribution is -0.114. The molecule has 3 rings (SSSR count). The predicted octanol–water partition coefficient (Wildman–Crippen LogP) is 3.34. The highest BCUT2D eigenvalue weighted by Gasteiger charge is 2.16. The van der Waals surface area contributed by atoms with Crippen LogP contribution in [0.1, 0.15) is 17.3 Å². The van der Waals surface area contributed by atoms with E-state index in [1.54, 1.807) is 36.4 Å². The number of nitrogen functional groups attached to an aromatic ring is 1. The highest BCUT2D eigenvalue weighted by atomic mass is 16.3. The fourth-order valence-electron chi connectivity index (χ4n) is 2.61. The zero-order valence-corrected chi connectivity index (χ0v) is 13.5. The Balaban J connectivity index is 1.93. The number of aromatic hydroxyl groups is 1. The summed E-state index contributed by atoms with van der Waals surface area (Å²) in [5, 5.41) is 17.1. The minimum Gasteiger partial charge on any atom is -0.505 e. The Morgan fingerprint density at radius 2 is 1.64 bits per heavy atom. The van der Waals surface area contributed by atoms with E-state index in [1.165, 1.54) is 6.92 Å². The number of nitrogens with two attached hydrogens (primary N) is 1. The summed E-state index contributed by atoms with van der Waals surface area (Å²) in [5.41, 5.74) is 7.25. The smallest absolute Gasteiger partial charge is 0.259 e. The van der Waals surface area contributed by atoms with Crippen molar-refractivity contribution in [1.29, 1.82) is 0 Å². The maximum Gasteiger partial charge on any atom is 0.259 e. The lowest BCUT2D eigenvalue weighted by Crippen LogP contribution is -2.13. The van der Waals surface area contributed by atoms with E-state index in [-0.39, 0.29) is 22.9 Å². The van der Waals surface area contributed by atoms with Gasteiger partial charge in [-0.3, -0.25) is 9.59 Å². The van der Waals surface area contributed by atoms with Crippen molar-refractivity contribution in [2.24, 2.45) is 0 Å². The molecule has 0 aromatic heterocycles. The summed E-state index contributed by atoms with van der Waals surface area (Å²) >= 11 is 0. The molecule has 0 aliphatic rings. The molecule has 2 amide bonds. The van der Waals surface area contributed by atoms with Gasteiger partial charge in [0.1, 0.15) is 0 Å². The topological polar surface area (TPSA) is 104 Å². The molecule has 0 atom stereocenters. The van der Waals surface area contributed by atoms with Crippen LogP contribution in [-0.2, 0) is 4.79 Å². The normalized spacial score (nSPS) is 10.4. The van der Waals surface area contributed by atoms with Crippen LogP contribution in [0.15, 0.2) is 54.6 Å². The molecule has 0 heterocycles. The van der Waals surface area contributed by atoms with Crippen LogP contribution in [0, 0.1) is 0 Å². The number of anilines is 3. The summed E-state index contributed by atoms with van der Waals surface area (Å²) < 4.78 is 0. The number of phenolic OH excluding ortho intramolecular Hbond substituents is 1. The monoisotopic (exact) mass is 335 g/mol. The van der Waals surface area contributed by atoms with Gasteiger partial charge in [0.15, 0.2) is 5.75 Å². The second kappa shape index (κ2) is 6.52. The molecule has 6 nitrogen and oxygen atoms in total. The van der Waals surface area contributed by atoms with Gasteiger partial charge < -0.3 is 21.5 Å². The molecule has 126 valence electrons. The lowest BCUT2D eigenvalue weighted by Gasteiger charge is -2.12. The number of carbonyl (C=O) groups is 2. The summed E-state index contributed by atoms with van der Waals surface area (Å²) in [6.45, 7) is 1.40. The molecule has 0 aliphatic carbocycles. The Morgan fingerprint density at radius 3 is 2.36 bits per heavy atom. The third-order valence-electron chi connectivity index (χ3n) is 3.75. The molecular formula is C19H17N3O3. The van der Waals surface area contributed by atoms with Crippen LogP contribution in [0.25, 0.3) is 10.8 Å². The molecule has 0 aliphatic heterocycles. The number of carbonyl (C=O) groups excluding carboxylic acids is 2. The van der Waals surface area contributed by atoms with Gasteiger partial charge in [-0.1, -0.05) is 30.3 Å². The number of hydrogen-bond donors (Lipinski definition) is 4.